The largest absolute Gasteiger partial charge is 0.475 e. The van der Waals surface area contributed by atoms with Crippen LogP contribution in [0, 0.1) is 0 Å². The molecule has 0 bridgehead atoms. The van der Waals surface area contributed by atoms with Gasteiger partial charge in [-0.05, 0) is 36.2 Å². The third-order valence-corrected chi connectivity index (χ3v) is 4.82. The first-order valence-corrected chi connectivity index (χ1v) is 8.65. The van der Waals surface area contributed by atoms with Gasteiger partial charge in [-0.15, -0.1) is 0 Å². The molecule has 0 fully saturated rings. The van der Waals surface area contributed by atoms with Crippen LogP contribution < -0.4 is 9.64 Å². The molecule has 1 aromatic heterocycles. The van der Waals surface area contributed by atoms with Crippen LogP contribution in [0.3, 0.4) is 0 Å². The fraction of sp³-hybridized carbons (Fsp3) is 0.211. The van der Waals surface area contributed by atoms with E-state index < -0.39 is 11.9 Å². The minimum Gasteiger partial charge on any atom is -0.475 e. The fourth-order valence-electron chi connectivity index (χ4n) is 3.29. The number of nitrogens with zero attached hydrogens (tertiary/aromatic N) is 3. The number of carbonyl (C=O) groups is 1. The smallest absolute Gasteiger partial charge is 0.401 e. The van der Waals surface area contributed by atoms with Crippen LogP contribution in [-0.4, -0.2) is 40.6 Å². The number of aliphatic carboxylic acids is 1. The van der Waals surface area contributed by atoms with Crippen molar-refractivity contribution in [1.29, 1.82) is 0 Å². The highest BCUT2D eigenvalue weighted by Crippen LogP contribution is 2.37. The van der Waals surface area contributed by atoms with Crippen LogP contribution in [-0.2, 0) is 16.0 Å². The summed E-state index contributed by atoms with van der Waals surface area (Å²) >= 11 is 6.12. The van der Waals surface area contributed by atoms with E-state index in [2.05, 4.69) is 9.97 Å². The monoisotopic (exact) mass is 385 g/mol. The Bertz CT molecular complexity index is 1030. The molecule has 8 heteroatoms. The Morgan fingerprint density at radius 3 is 2.93 bits per heavy atom. The summed E-state index contributed by atoms with van der Waals surface area (Å²) in [5.41, 5.74) is 2.30. The molecule has 3 aromatic rings. The molecular weight excluding hydrogens is 370 g/mol. The first kappa shape index (κ1) is 17.5. The summed E-state index contributed by atoms with van der Waals surface area (Å²) in [6, 6.07) is 10.5. The van der Waals surface area contributed by atoms with E-state index in [1.807, 2.05) is 6.07 Å². The van der Waals surface area contributed by atoms with Gasteiger partial charge >= 0.3 is 11.9 Å². The van der Waals surface area contributed by atoms with Gasteiger partial charge in [-0.25, -0.2) is 14.8 Å². The van der Waals surface area contributed by atoms with E-state index in [1.54, 1.807) is 41.4 Å². The van der Waals surface area contributed by atoms with E-state index in [0.29, 0.717) is 34.9 Å². The van der Waals surface area contributed by atoms with Crippen molar-refractivity contribution < 1.29 is 19.4 Å². The van der Waals surface area contributed by atoms with Crippen LogP contribution in [0.1, 0.15) is 5.56 Å². The normalized spacial score (nSPS) is 15.4. The Hall–Kier alpha value is -2.90. The maximum atomic E-state index is 12.3. The van der Waals surface area contributed by atoms with Gasteiger partial charge in [-0.2, -0.15) is 0 Å². The molecule has 27 heavy (non-hydrogen) atoms. The zero-order chi connectivity index (χ0) is 19.0. The van der Waals surface area contributed by atoms with Crippen LogP contribution in [0.25, 0.3) is 10.9 Å². The van der Waals surface area contributed by atoms with Gasteiger partial charge in [0.1, 0.15) is 12.1 Å². The number of carboxylic acids is 1. The quantitative estimate of drug-likeness (QED) is 0.675. The van der Waals surface area contributed by atoms with E-state index >= 15 is 0 Å². The third-order valence-electron chi connectivity index (χ3n) is 4.58. The zero-order valence-electron chi connectivity index (χ0n) is 14.4. The Morgan fingerprint density at radius 2 is 2.15 bits per heavy atom. The standard InChI is InChI=1S/C19H16ClN3O4/c1-26-19(18(24)25,23-7-6-12-2-4-14(20)8-17(12)23)27-15-5-3-13-10-21-11-22-16(13)9-15/h2-5,8-11H,6-7H2,1H3,(H,24,25). The van der Waals surface area contributed by atoms with Crippen molar-refractivity contribution in [2.75, 3.05) is 18.6 Å². The first-order valence-electron chi connectivity index (χ1n) is 8.27. The highest BCUT2D eigenvalue weighted by molar-refractivity contribution is 6.30. The molecule has 1 aliphatic heterocycles. The lowest BCUT2D eigenvalue weighted by atomic mass is 10.2. The summed E-state index contributed by atoms with van der Waals surface area (Å²) in [6.07, 6.45) is 3.76. The van der Waals surface area contributed by atoms with Gasteiger partial charge in [0.2, 0.25) is 0 Å². The molecular formula is C19H16ClN3O4. The molecule has 2 heterocycles. The van der Waals surface area contributed by atoms with Crippen LogP contribution in [0.15, 0.2) is 48.9 Å². The molecule has 2 aromatic carbocycles. The van der Waals surface area contributed by atoms with Crippen molar-refractivity contribution in [2.24, 2.45) is 0 Å². The second kappa shape index (κ2) is 6.68. The number of rotatable bonds is 5. The van der Waals surface area contributed by atoms with Gasteiger partial charge in [0.05, 0.1) is 5.52 Å². The SMILES string of the molecule is COC(Oc1ccc2cncnc2c1)(C(=O)O)N1CCc2ccc(Cl)cc21. The number of aromatic nitrogens is 2. The summed E-state index contributed by atoms with van der Waals surface area (Å²) in [7, 11) is 1.31. The average molecular weight is 386 g/mol. The third kappa shape index (κ3) is 2.94. The van der Waals surface area contributed by atoms with Gasteiger partial charge in [0, 0.05) is 42.0 Å². The predicted octanol–water partition coefficient (Wildman–Crippen LogP) is 3.11. The maximum Gasteiger partial charge on any atom is 0.401 e. The van der Waals surface area contributed by atoms with E-state index in [0.717, 1.165) is 10.9 Å². The second-order valence-electron chi connectivity index (χ2n) is 6.11. The lowest BCUT2D eigenvalue weighted by molar-refractivity contribution is -0.203. The van der Waals surface area contributed by atoms with Crippen molar-refractivity contribution in [3.8, 4) is 5.75 Å². The average Bonchev–Trinajstić information content (AvgIpc) is 3.09. The molecule has 1 atom stereocenters. The molecule has 0 radical (unpaired) electrons. The Morgan fingerprint density at radius 1 is 1.30 bits per heavy atom. The number of benzene rings is 2. The molecule has 1 N–H and O–H groups in total. The van der Waals surface area contributed by atoms with Crippen LogP contribution >= 0.6 is 11.6 Å². The number of ether oxygens (including phenoxy) is 2. The number of hydrogen-bond donors (Lipinski definition) is 1. The molecule has 4 rings (SSSR count). The van der Waals surface area contributed by atoms with E-state index in [9.17, 15) is 9.90 Å². The van der Waals surface area contributed by atoms with Gasteiger partial charge < -0.3 is 19.5 Å². The van der Waals surface area contributed by atoms with Crippen LogP contribution in [0.4, 0.5) is 5.69 Å². The van der Waals surface area contributed by atoms with Crippen molar-refractivity contribution in [1.82, 2.24) is 9.97 Å². The number of fused-ring (bicyclic) bond motifs is 2. The number of anilines is 1. The lowest BCUT2D eigenvalue weighted by Crippen LogP contribution is -2.60. The fourth-order valence-corrected chi connectivity index (χ4v) is 3.45. The molecule has 0 saturated heterocycles. The number of hydrogen-bond acceptors (Lipinski definition) is 6. The van der Waals surface area contributed by atoms with Crippen molar-refractivity contribution >= 4 is 34.2 Å². The Labute approximate surface area is 160 Å². The molecule has 0 amide bonds. The lowest BCUT2D eigenvalue weighted by Gasteiger charge is -2.37. The first-order chi connectivity index (χ1) is 13.0. The van der Waals surface area contributed by atoms with Gasteiger partial charge in [-0.1, -0.05) is 17.7 Å². The number of halogens is 1. The van der Waals surface area contributed by atoms with E-state index in [-0.39, 0.29) is 0 Å². The van der Waals surface area contributed by atoms with Gasteiger partial charge in [0.25, 0.3) is 0 Å². The number of carboxylic acid groups (broad SMARTS) is 1. The molecule has 7 nitrogen and oxygen atoms in total. The summed E-state index contributed by atoms with van der Waals surface area (Å²) in [5.74, 6) is -2.97. The molecule has 0 spiro atoms. The highest BCUT2D eigenvalue weighted by atomic mass is 35.5. The summed E-state index contributed by atoms with van der Waals surface area (Å²) in [5, 5.41) is 11.3. The summed E-state index contributed by atoms with van der Waals surface area (Å²) in [4.78, 5) is 22.0. The minimum atomic E-state index is -2.03. The van der Waals surface area contributed by atoms with Crippen molar-refractivity contribution in [2.45, 2.75) is 12.3 Å². The summed E-state index contributed by atoms with van der Waals surface area (Å²) < 4.78 is 11.3. The molecule has 0 saturated carbocycles. The molecule has 1 unspecified atom stereocenters. The summed E-state index contributed by atoms with van der Waals surface area (Å²) in [6.45, 7) is 0.422. The number of methoxy groups -OCH3 is 1. The Kier molecular flexibility index (Phi) is 4.33. The van der Waals surface area contributed by atoms with E-state index in [4.69, 9.17) is 21.1 Å². The van der Waals surface area contributed by atoms with Crippen LogP contribution in [0.2, 0.25) is 5.02 Å². The molecule has 1 aliphatic rings. The van der Waals surface area contributed by atoms with Crippen LogP contribution in [0.5, 0.6) is 5.75 Å². The van der Waals surface area contributed by atoms with Crippen molar-refractivity contribution in [3.05, 3.63) is 59.5 Å². The predicted molar refractivity (Wildman–Crippen MR) is 100 cm³/mol. The zero-order valence-corrected chi connectivity index (χ0v) is 15.2. The second-order valence-corrected chi connectivity index (χ2v) is 6.55. The van der Waals surface area contributed by atoms with Crippen molar-refractivity contribution in [3.63, 3.8) is 0 Å². The minimum absolute atomic E-state index is 0.320. The topological polar surface area (TPSA) is 84.8 Å². The van der Waals surface area contributed by atoms with Gasteiger partial charge in [0.15, 0.2) is 0 Å². The van der Waals surface area contributed by atoms with E-state index in [1.165, 1.54) is 13.4 Å². The molecule has 0 aliphatic carbocycles. The Balaban J connectivity index is 1.77. The highest BCUT2D eigenvalue weighted by Gasteiger charge is 2.51. The maximum absolute atomic E-state index is 12.3. The van der Waals surface area contributed by atoms with Gasteiger partial charge in [-0.3, -0.25) is 0 Å². The molecule has 138 valence electrons.